The minimum Gasteiger partial charge on any atom is -0.353 e. The molecule has 138 valence electrons. The van der Waals surface area contributed by atoms with Gasteiger partial charge in [0.15, 0.2) is 0 Å². The summed E-state index contributed by atoms with van der Waals surface area (Å²) < 4.78 is 1.84. The molecule has 8 heteroatoms. The van der Waals surface area contributed by atoms with E-state index in [1.54, 1.807) is 0 Å². The van der Waals surface area contributed by atoms with Crippen molar-refractivity contribution in [3.8, 4) is 0 Å². The summed E-state index contributed by atoms with van der Waals surface area (Å²) in [5.41, 5.74) is 1.48. The summed E-state index contributed by atoms with van der Waals surface area (Å²) in [6.45, 7) is 8.88. The Kier molecular flexibility index (Phi) is 4.04. The smallest absolute Gasteiger partial charge is 0.276 e. The Labute approximate surface area is 157 Å². The fourth-order valence-corrected chi connectivity index (χ4v) is 5.87. The Morgan fingerprint density at radius 1 is 1.19 bits per heavy atom. The van der Waals surface area contributed by atoms with Crippen molar-refractivity contribution in [3.05, 3.63) is 10.4 Å². The van der Waals surface area contributed by atoms with Gasteiger partial charge in [-0.2, -0.15) is 9.50 Å². The molecule has 0 aliphatic carbocycles. The van der Waals surface area contributed by atoms with Crippen LogP contribution in [0.5, 0.6) is 0 Å². The number of tetrazole rings is 1. The highest BCUT2D eigenvalue weighted by Crippen LogP contribution is 2.41. The average Bonchev–Trinajstić information content (AvgIpc) is 3.30. The summed E-state index contributed by atoms with van der Waals surface area (Å²) in [4.78, 5) is 12.6. The summed E-state index contributed by atoms with van der Waals surface area (Å²) in [6, 6.07) is 0.573. The highest BCUT2D eigenvalue weighted by atomic mass is 32.1. The molecule has 2 aliphatic rings. The lowest BCUT2D eigenvalue weighted by atomic mass is 9.98. The lowest BCUT2D eigenvalue weighted by molar-refractivity contribution is 0.272. The van der Waals surface area contributed by atoms with E-state index >= 15 is 0 Å². The van der Waals surface area contributed by atoms with Crippen LogP contribution in [0.25, 0.3) is 16.0 Å². The lowest BCUT2D eigenvalue weighted by Crippen LogP contribution is -2.40. The zero-order valence-electron chi connectivity index (χ0n) is 15.5. The number of hydrogen-bond donors (Lipinski definition) is 0. The Balaban J connectivity index is 1.75. The molecule has 5 rings (SSSR count). The van der Waals surface area contributed by atoms with Gasteiger partial charge < -0.3 is 4.90 Å². The van der Waals surface area contributed by atoms with E-state index in [-0.39, 0.29) is 0 Å². The van der Waals surface area contributed by atoms with Gasteiger partial charge in [0.05, 0.1) is 5.39 Å². The van der Waals surface area contributed by atoms with E-state index in [1.165, 1.54) is 39.9 Å². The summed E-state index contributed by atoms with van der Waals surface area (Å²) in [7, 11) is 0. The van der Waals surface area contributed by atoms with Crippen LogP contribution >= 0.6 is 11.3 Å². The standard InChI is InChI=1S/C18H25N7S/c1-3-12-7-5-6-9-24(12)16-15-13-8-10-23(4-2)11-14(13)26-17(15)25-18(19-16)20-21-22-25/h12H,3-11H2,1-2H3/t12-/m1/s1. The second-order valence-electron chi connectivity index (χ2n) is 7.38. The van der Waals surface area contributed by atoms with Crippen LogP contribution in [0.1, 0.15) is 50.0 Å². The van der Waals surface area contributed by atoms with E-state index in [0.717, 1.165) is 44.8 Å². The molecule has 26 heavy (non-hydrogen) atoms. The third-order valence-corrected chi connectivity index (χ3v) is 7.20. The molecule has 3 aromatic rings. The Morgan fingerprint density at radius 2 is 2.12 bits per heavy atom. The molecule has 3 aromatic heterocycles. The van der Waals surface area contributed by atoms with Crippen molar-refractivity contribution >= 4 is 33.1 Å². The summed E-state index contributed by atoms with van der Waals surface area (Å²) >= 11 is 1.85. The molecule has 1 saturated heterocycles. The Morgan fingerprint density at radius 3 is 2.96 bits per heavy atom. The topological polar surface area (TPSA) is 62.5 Å². The van der Waals surface area contributed by atoms with Gasteiger partial charge in [-0.05, 0) is 54.6 Å². The molecule has 2 aliphatic heterocycles. The van der Waals surface area contributed by atoms with Crippen molar-refractivity contribution in [2.75, 3.05) is 24.5 Å². The molecule has 0 saturated carbocycles. The Bertz CT molecular complexity index is 946. The van der Waals surface area contributed by atoms with E-state index in [2.05, 4.69) is 39.2 Å². The summed E-state index contributed by atoms with van der Waals surface area (Å²) in [6.07, 6.45) is 6.07. The zero-order chi connectivity index (χ0) is 17.7. The fourth-order valence-electron chi connectivity index (χ4n) is 4.54. The predicted molar refractivity (Wildman–Crippen MR) is 104 cm³/mol. The minimum atomic E-state index is 0.573. The van der Waals surface area contributed by atoms with Crippen LogP contribution < -0.4 is 4.90 Å². The first-order valence-corrected chi connectivity index (χ1v) is 10.6. The third-order valence-electron chi connectivity index (χ3n) is 6.01. The molecule has 0 amide bonds. The van der Waals surface area contributed by atoms with E-state index in [9.17, 15) is 0 Å². The first-order chi connectivity index (χ1) is 12.8. The Hall–Kier alpha value is -1.80. The first-order valence-electron chi connectivity index (χ1n) is 9.81. The summed E-state index contributed by atoms with van der Waals surface area (Å²) in [5.74, 6) is 1.75. The molecule has 5 heterocycles. The SMILES string of the molecule is CC[C@@H]1CCCCN1c1nc2nnnn2c2sc3c(c12)CCN(CC)C3. The van der Waals surface area contributed by atoms with Crippen LogP contribution in [0.2, 0.25) is 0 Å². The first kappa shape index (κ1) is 16.4. The van der Waals surface area contributed by atoms with E-state index < -0.39 is 0 Å². The lowest BCUT2D eigenvalue weighted by Gasteiger charge is -2.36. The van der Waals surface area contributed by atoms with Gasteiger partial charge in [-0.15, -0.1) is 11.3 Å². The predicted octanol–water partition coefficient (Wildman–Crippen LogP) is 2.88. The molecule has 1 atom stereocenters. The number of anilines is 1. The van der Waals surface area contributed by atoms with Gasteiger partial charge in [0.25, 0.3) is 5.78 Å². The van der Waals surface area contributed by atoms with E-state index in [1.807, 2.05) is 15.9 Å². The van der Waals surface area contributed by atoms with Crippen molar-refractivity contribution in [1.82, 2.24) is 29.9 Å². The number of fused-ring (bicyclic) bond motifs is 5. The monoisotopic (exact) mass is 371 g/mol. The van der Waals surface area contributed by atoms with E-state index in [4.69, 9.17) is 4.98 Å². The van der Waals surface area contributed by atoms with Crippen molar-refractivity contribution in [1.29, 1.82) is 0 Å². The van der Waals surface area contributed by atoms with Crippen molar-refractivity contribution in [2.24, 2.45) is 0 Å². The summed E-state index contributed by atoms with van der Waals surface area (Å²) in [5, 5.41) is 13.6. The van der Waals surface area contributed by atoms with Crippen LogP contribution in [0.15, 0.2) is 0 Å². The quantitative estimate of drug-likeness (QED) is 0.705. The number of thiophene rings is 1. The van der Waals surface area contributed by atoms with Crippen molar-refractivity contribution < 1.29 is 0 Å². The average molecular weight is 372 g/mol. The van der Waals surface area contributed by atoms with Gasteiger partial charge in [-0.1, -0.05) is 18.9 Å². The van der Waals surface area contributed by atoms with Gasteiger partial charge in [-0.25, -0.2) is 0 Å². The molecular formula is C18H25N7S. The molecule has 0 aromatic carbocycles. The largest absolute Gasteiger partial charge is 0.353 e. The third kappa shape index (κ3) is 2.42. The normalized spacial score (nSPS) is 21.6. The second kappa shape index (κ2) is 6.42. The zero-order valence-corrected chi connectivity index (χ0v) is 16.3. The number of nitrogens with zero attached hydrogens (tertiary/aromatic N) is 7. The van der Waals surface area contributed by atoms with Gasteiger partial charge >= 0.3 is 0 Å². The molecule has 1 fully saturated rings. The number of likely N-dealkylation sites (N-methyl/N-ethyl adjacent to an activating group) is 1. The number of hydrogen-bond acceptors (Lipinski definition) is 7. The van der Waals surface area contributed by atoms with E-state index in [0.29, 0.717) is 11.8 Å². The van der Waals surface area contributed by atoms with Crippen LogP contribution in [0.3, 0.4) is 0 Å². The number of piperidine rings is 1. The molecule has 0 radical (unpaired) electrons. The molecular weight excluding hydrogens is 346 g/mol. The van der Waals surface area contributed by atoms with Gasteiger partial charge in [0, 0.05) is 30.6 Å². The maximum atomic E-state index is 4.95. The molecule has 0 unspecified atom stereocenters. The second-order valence-corrected chi connectivity index (χ2v) is 8.46. The maximum absolute atomic E-state index is 4.95. The molecule has 7 nitrogen and oxygen atoms in total. The molecule has 0 bridgehead atoms. The maximum Gasteiger partial charge on any atom is 0.276 e. The minimum absolute atomic E-state index is 0.573. The molecule has 0 spiro atoms. The molecule has 0 N–H and O–H groups in total. The van der Waals surface area contributed by atoms with Crippen LogP contribution in [0.4, 0.5) is 5.82 Å². The van der Waals surface area contributed by atoms with Gasteiger partial charge in [0.2, 0.25) is 0 Å². The highest BCUT2D eigenvalue weighted by Gasteiger charge is 2.30. The van der Waals surface area contributed by atoms with Crippen LogP contribution in [-0.4, -0.2) is 55.6 Å². The number of aromatic nitrogens is 5. The van der Waals surface area contributed by atoms with Gasteiger partial charge in [0.1, 0.15) is 10.6 Å². The van der Waals surface area contributed by atoms with Crippen LogP contribution in [0, 0.1) is 0 Å². The highest BCUT2D eigenvalue weighted by molar-refractivity contribution is 7.19. The van der Waals surface area contributed by atoms with Gasteiger partial charge in [-0.3, -0.25) is 4.90 Å². The van der Waals surface area contributed by atoms with Crippen molar-refractivity contribution in [3.63, 3.8) is 0 Å². The number of rotatable bonds is 3. The van der Waals surface area contributed by atoms with Crippen LogP contribution in [-0.2, 0) is 13.0 Å². The van der Waals surface area contributed by atoms with Crippen molar-refractivity contribution in [2.45, 2.75) is 58.5 Å². The fraction of sp³-hybridized carbons (Fsp3) is 0.667.